The molecular formula is C23H24N4O2. The summed E-state index contributed by atoms with van der Waals surface area (Å²) in [5, 5.41) is 8.19. The van der Waals surface area contributed by atoms with Crippen LogP contribution in [0.5, 0.6) is 0 Å². The molecule has 2 aromatic heterocycles. The molecule has 0 amide bonds. The average Bonchev–Trinajstić information content (AvgIpc) is 3.25. The third-order valence-electron chi connectivity index (χ3n) is 5.64. The number of carbonyl (C=O) groups excluding carboxylic acids is 1. The van der Waals surface area contributed by atoms with Crippen molar-refractivity contribution < 1.29 is 9.21 Å². The first-order valence-corrected chi connectivity index (χ1v) is 9.94. The molecular weight excluding hydrogens is 364 g/mol. The molecule has 2 aliphatic rings. The van der Waals surface area contributed by atoms with Crippen molar-refractivity contribution in [3.63, 3.8) is 0 Å². The average molecular weight is 388 g/mol. The fourth-order valence-electron chi connectivity index (χ4n) is 4.38. The SMILES string of the molecule is Cc1cccc(-c2nc3n(n2)C(c2ccc(C)o2)C2=C(CC(C)(C)CC2=O)N3)c1. The fourth-order valence-corrected chi connectivity index (χ4v) is 4.38. The molecule has 3 heterocycles. The number of nitrogens with one attached hydrogen (secondary N) is 1. The molecule has 148 valence electrons. The summed E-state index contributed by atoms with van der Waals surface area (Å²) in [6, 6.07) is 11.6. The molecule has 1 atom stereocenters. The Morgan fingerprint density at radius 2 is 2.00 bits per heavy atom. The van der Waals surface area contributed by atoms with Gasteiger partial charge >= 0.3 is 0 Å². The molecule has 3 aromatic rings. The number of hydrogen-bond acceptors (Lipinski definition) is 5. The third kappa shape index (κ3) is 2.99. The van der Waals surface area contributed by atoms with Gasteiger partial charge in [-0.05, 0) is 43.9 Å². The largest absolute Gasteiger partial charge is 0.464 e. The van der Waals surface area contributed by atoms with Gasteiger partial charge in [0.1, 0.15) is 17.6 Å². The molecule has 1 aliphatic heterocycles. The summed E-state index contributed by atoms with van der Waals surface area (Å²) in [6.07, 6.45) is 1.30. The van der Waals surface area contributed by atoms with Crippen LogP contribution in [0.4, 0.5) is 5.95 Å². The zero-order valence-corrected chi connectivity index (χ0v) is 17.1. The second kappa shape index (κ2) is 6.17. The Hall–Kier alpha value is -3.15. The predicted molar refractivity (Wildman–Crippen MR) is 110 cm³/mol. The molecule has 1 unspecified atom stereocenters. The molecule has 0 fully saturated rings. The van der Waals surface area contributed by atoms with Crippen molar-refractivity contribution in [3.8, 4) is 11.4 Å². The predicted octanol–water partition coefficient (Wildman–Crippen LogP) is 4.81. The zero-order valence-electron chi connectivity index (χ0n) is 17.1. The van der Waals surface area contributed by atoms with Crippen molar-refractivity contribution in [2.24, 2.45) is 5.41 Å². The van der Waals surface area contributed by atoms with Crippen molar-refractivity contribution in [3.05, 3.63) is 64.8 Å². The highest BCUT2D eigenvalue weighted by molar-refractivity contribution is 6.00. The maximum absolute atomic E-state index is 13.2. The van der Waals surface area contributed by atoms with Crippen molar-refractivity contribution >= 4 is 11.7 Å². The van der Waals surface area contributed by atoms with Gasteiger partial charge in [0, 0.05) is 23.3 Å². The van der Waals surface area contributed by atoms with Crippen LogP contribution in [0.2, 0.25) is 0 Å². The molecule has 0 spiro atoms. The fraction of sp³-hybridized carbons (Fsp3) is 0.348. The van der Waals surface area contributed by atoms with Gasteiger partial charge in [0.2, 0.25) is 5.95 Å². The maximum Gasteiger partial charge on any atom is 0.227 e. The standard InChI is InChI=1S/C23H24N4O2/c1-13-6-5-7-15(10-13)21-25-22-24-16-11-23(3,4)12-17(28)19(16)20(27(22)26-21)18-9-8-14(2)29-18/h5-10,20H,11-12H2,1-4H3,(H,24,25,26). The third-order valence-corrected chi connectivity index (χ3v) is 5.64. The molecule has 6 nitrogen and oxygen atoms in total. The number of allylic oxidation sites excluding steroid dienone is 2. The minimum atomic E-state index is -0.399. The molecule has 5 rings (SSSR count). The monoisotopic (exact) mass is 388 g/mol. The number of ketones is 1. The van der Waals surface area contributed by atoms with Crippen LogP contribution < -0.4 is 5.32 Å². The van der Waals surface area contributed by atoms with Gasteiger partial charge in [0.25, 0.3) is 0 Å². The molecule has 0 saturated carbocycles. The smallest absolute Gasteiger partial charge is 0.227 e. The second-order valence-electron chi connectivity index (χ2n) is 8.88. The number of aromatic nitrogens is 3. The van der Waals surface area contributed by atoms with E-state index in [4.69, 9.17) is 14.5 Å². The van der Waals surface area contributed by atoms with Crippen LogP contribution in [0.15, 0.2) is 52.1 Å². The Labute approximate surface area is 169 Å². The lowest BCUT2D eigenvalue weighted by Crippen LogP contribution is -2.36. The van der Waals surface area contributed by atoms with Crippen LogP contribution in [0.1, 0.15) is 49.8 Å². The first-order chi connectivity index (χ1) is 13.8. The van der Waals surface area contributed by atoms with E-state index in [-0.39, 0.29) is 11.2 Å². The summed E-state index contributed by atoms with van der Waals surface area (Å²) in [7, 11) is 0. The first-order valence-electron chi connectivity index (χ1n) is 9.94. The van der Waals surface area contributed by atoms with Gasteiger partial charge in [0.05, 0.1) is 0 Å². The van der Waals surface area contributed by atoms with Gasteiger partial charge in [-0.2, -0.15) is 4.98 Å². The summed E-state index contributed by atoms with van der Waals surface area (Å²) in [5.41, 5.74) is 3.69. The van der Waals surface area contributed by atoms with Crippen molar-refractivity contribution in [1.29, 1.82) is 0 Å². The molecule has 0 bridgehead atoms. The van der Waals surface area contributed by atoms with Crippen LogP contribution in [0.3, 0.4) is 0 Å². The molecule has 1 aliphatic carbocycles. The summed E-state index contributed by atoms with van der Waals surface area (Å²) in [5.74, 6) is 2.94. The Balaban J connectivity index is 1.68. The minimum absolute atomic E-state index is 0.0892. The summed E-state index contributed by atoms with van der Waals surface area (Å²) >= 11 is 0. The lowest BCUT2D eigenvalue weighted by molar-refractivity contribution is -0.118. The lowest BCUT2D eigenvalue weighted by Gasteiger charge is -2.37. The highest BCUT2D eigenvalue weighted by Crippen LogP contribution is 2.45. The molecule has 29 heavy (non-hydrogen) atoms. The number of hydrogen-bond donors (Lipinski definition) is 1. The Bertz CT molecular complexity index is 1170. The van der Waals surface area contributed by atoms with Crippen LogP contribution in [0, 0.1) is 19.3 Å². The van der Waals surface area contributed by atoms with Crippen molar-refractivity contribution in [2.75, 3.05) is 5.32 Å². The number of carbonyl (C=O) groups is 1. The summed E-state index contributed by atoms with van der Waals surface area (Å²) < 4.78 is 7.76. The number of nitrogens with zero attached hydrogens (tertiary/aromatic N) is 3. The summed E-state index contributed by atoms with van der Waals surface area (Å²) in [4.78, 5) is 17.9. The van der Waals surface area contributed by atoms with Gasteiger partial charge in [-0.25, -0.2) is 4.68 Å². The minimum Gasteiger partial charge on any atom is -0.464 e. The Morgan fingerprint density at radius 3 is 2.72 bits per heavy atom. The van der Waals surface area contributed by atoms with Crippen LogP contribution >= 0.6 is 0 Å². The van der Waals surface area contributed by atoms with E-state index in [1.165, 1.54) is 0 Å². The van der Waals surface area contributed by atoms with Gasteiger partial charge in [0.15, 0.2) is 11.6 Å². The molecule has 1 N–H and O–H groups in total. The number of benzene rings is 1. The van der Waals surface area contributed by atoms with Gasteiger partial charge < -0.3 is 9.73 Å². The number of rotatable bonds is 2. The second-order valence-corrected chi connectivity index (χ2v) is 8.88. The van der Waals surface area contributed by atoms with Gasteiger partial charge in [-0.3, -0.25) is 4.79 Å². The lowest BCUT2D eigenvalue weighted by atomic mass is 9.73. The zero-order chi connectivity index (χ0) is 20.3. The van der Waals surface area contributed by atoms with E-state index >= 15 is 0 Å². The molecule has 6 heteroatoms. The summed E-state index contributed by atoms with van der Waals surface area (Å²) in [6.45, 7) is 8.21. The molecule has 0 saturated heterocycles. The maximum atomic E-state index is 13.2. The topological polar surface area (TPSA) is 73.0 Å². The van der Waals surface area contributed by atoms with Gasteiger partial charge in [-0.15, -0.1) is 5.10 Å². The first kappa shape index (κ1) is 17.9. The van der Waals surface area contributed by atoms with E-state index < -0.39 is 6.04 Å². The van der Waals surface area contributed by atoms with Crippen LogP contribution in [-0.4, -0.2) is 20.5 Å². The quantitative estimate of drug-likeness (QED) is 0.682. The van der Waals surface area contributed by atoms with E-state index in [1.54, 1.807) is 4.68 Å². The van der Waals surface area contributed by atoms with Crippen LogP contribution in [-0.2, 0) is 4.79 Å². The number of Topliss-reactive ketones (excluding diaryl/α,β-unsaturated/α-hetero) is 1. The number of aryl methyl sites for hydroxylation is 2. The number of furan rings is 1. The van der Waals surface area contributed by atoms with Crippen LogP contribution in [0.25, 0.3) is 11.4 Å². The Morgan fingerprint density at radius 1 is 1.17 bits per heavy atom. The highest BCUT2D eigenvalue weighted by atomic mass is 16.3. The Kier molecular flexibility index (Phi) is 3.81. The molecule has 0 radical (unpaired) electrons. The highest BCUT2D eigenvalue weighted by Gasteiger charge is 2.43. The van der Waals surface area contributed by atoms with Gasteiger partial charge in [-0.1, -0.05) is 37.6 Å². The van der Waals surface area contributed by atoms with E-state index in [0.29, 0.717) is 24.0 Å². The van der Waals surface area contributed by atoms with E-state index in [2.05, 4.69) is 25.2 Å². The van der Waals surface area contributed by atoms with E-state index in [9.17, 15) is 4.79 Å². The van der Waals surface area contributed by atoms with Crippen molar-refractivity contribution in [1.82, 2.24) is 14.8 Å². The number of anilines is 1. The normalized spacial score (nSPS) is 20.3. The number of fused-ring (bicyclic) bond motifs is 1. The van der Waals surface area contributed by atoms with E-state index in [0.717, 1.165) is 34.6 Å². The van der Waals surface area contributed by atoms with Crippen molar-refractivity contribution in [2.45, 2.75) is 46.6 Å². The van der Waals surface area contributed by atoms with E-state index in [1.807, 2.05) is 44.2 Å². The molecule has 1 aromatic carbocycles.